The standard InChI is InChI=1S/C9H11N3O2/c1-6-2-3-7(9(10)13)4-8(6)11-5-12-14/h2-5,14H,1H3,(H2,10,13)(H,11,12). The van der Waals surface area contributed by atoms with Gasteiger partial charge in [0, 0.05) is 5.56 Å². The second-order valence-corrected chi connectivity index (χ2v) is 2.75. The SMILES string of the molecule is Cc1ccc(C(N)=O)cc1N=CNO. The van der Waals surface area contributed by atoms with Gasteiger partial charge >= 0.3 is 0 Å². The molecule has 1 rings (SSSR count). The van der Waals surface area contributed by atoms with Crippen molar-refractivity contribution in [3.63, 3.8) is 0 Å². The van der Waals surface area contributed by atoms with Gasteiger partial charge in [-0.1, -0.05) is 6.07 Å². The van der Waals surface area contributed by atoms with Gasteiger partial charge in [0.25, 0.3) is 0 Å². The Kier molecular flexibility index (Phi) is 3.19. The Bertz CT molecular complexity index is 374. The molecule has 0 aliphatic heterocycles. The molecule has 14 heavy (non-hydrogen) atoms. The summed E-state index contributed by atoms with van der Waals surface area (Å²) in [5.74, 6) is -0.501. The predicted octanol–water partition coefficient (Wildman–Crippen LogP) is 0.733. The molecule has 0 bridgehead atoms. The van der Waals surface area contributed by atoms with Gasteiger partial charge in [0.1, 0.15) is 6.34 Å². The Morgan fingerprint density at radius 3 is 2.93 bits per heavy atom. The molecule has 0 aromatic heterocycles. The topological polar surface area (TPSA) is 87.7 Å². The molecule has 5 heteroatoms. The number of amides is 1. The Balaban J connectivity index is 3.08. The first-order valence-corrected chi connectivity index (χ1v) is 3.97. The lowest BCUT2D eigenvalue weighted by Gasteiger charge is -2.01. The minimum atomic E-state index is -0.501. The van der Waals surface area contributed by atoms with Crippen LogP contribution >= 0.6 is 0 Å². The van der Waals surface area contributed by atoms with Crippen molar-refractivity contribution in [2.24, 2.45) is 10.7 Å². The second kappa shape index (κ2) is 4.38. The molecule has 0 heterocycles. The van der Waals surface area contributed by atoms with Gasteiger partial charge in [-0.25, -0.2) is 4.99 Å². The number of hydrogen-bond donors (Lipinski definition) is 3. The minimum Gasteiger partial charge on any atom is -0.366 e. The smallest absolute Gasteiger partial charge is 0.248 e. The number of aryl methyl sites for hydroxylation is 1. The monoisotopic (exact) mass is 193 g/mol. The van der Waals surface area contributed by atoms with Gasteiger partial charge in [-0.2, -0.15) is 0 Å². The van der Waals surface area contributed by atoms with Crippen LogP contribution in [0.4, 0.5) is 5.69 Å². The molecule has 5 nitrogen and oxygen atoms in total. The number of hydrogen-bond acceptors (Lipinski definition) is 3. The quantitative estimate of drug-likeness (QED) is 0.375. The summed E-state index contributed by atoms with van der Waals surface area (Å²) in [6.07, 6.45) is 1.12. The van der Waals surface area contributed by atoms with E-state index in [1.165, 1.54) is 0 Å². The third-order valence-corrected chi connectivity index (χ3v) is 1.76. The molecule has 1 amide bonds. The third kappa shape index (κ3) is 2.30. The maximum Gasteiger partial charge on any atom is 0.248 e. The highest BCUT2D eigenvalue weighted by atomic mass is 16.5. The fourth-order valence-electron chi connectivity index (χ4n) is 1.00. The van der Waals surface area contributed by atoms with Crippen LogP contribution in [0, 0.1) is 6.92 Å². The lowest BCUT2D eigenvalue weighted by atomic mass is 10.1. The number of aliphatic imine (C=N–C) groups is 1. The van der Waals surface area contributed by atoms with Crippen molar-refractivity contribution >= 4 is 17.9 Å². The third-order valence-electron chi connectivity index (χ3n) is 1.76. The number of rotatable bonds is 3. The van der Waals surface area contributed by atoms with Gasteiger partial charge < -0.3 is 5.73 Å². The first-order chi connectivity index (χ1) is 6.65. The summed E-state index contributed by atoms with van der Waals surface area (Å²) in [6.45, 7) is 1.84. The zero-order chi connectivity index (χ0) is 10.6. The molecule has 74 valence electrons. The van der Waals surface area contributed by atoms with Crippen LogP contribution in [0.2, 0.25) is 0 Å². The molecule has 0 fully saturated rings. The fraction of sp³-hybridized carbons (Fsp3) is 0.111. The highest BCUT2D eigenvalue weighted by Crippen LogP contribution is 2.19. The summed E-state index contributed by atoms with van der Waals surface area (Å²) in [5, 5.41) is 8.31. The zero-order valence-corrected chi connectivity index (χ0v) is 7.69. The van der Waals surface area contributed by atoms with E-state index in [0.717, 1.165) is 11.9 Å². The summed E-state index contributed by atoms with van der Waals surface area (Å²) in [6, 6.07) is 4.93. The molecule has 1 aromatic carbocycles. The molecular formula is C9H11N3O2. The van der Waals surface area contributed by atoms with Crippen molar-refractivity contribution in [2.45, 2.75) is 6.92 Å². The molecule has 0 radical (unpaired) electrons. The Labute approximate surface area is 81.2 Å². The highest BCUT2D eigenvalue weighted by molar-refractivity contribution is 5.93. The first-order valence-electron chi connectivity index (χ1n) is 3.97. The number of carbonyl (C=O) groups is 1. The number of carbonyl (C=O) groups excluding carboxylic acids is 1. The van der Waals surface area contributed by atoms with Crippen LogP contribution in [0.1, 0.15) is 15.9 Å². The van der Waals surface area contributed by atoms with E-state index in [1.54, 1.807) is 23.7 Å². The van der Waals surface area contributed by atoms with E-state index < -0.39 is 5.91 Å². The Hall–Kier alpha value is -1.88. The van der Waals surface area contributed by atoms with Crippen LogP contribution in [-0.4, -0.2) is 17.5 Å². The van der Waals surface area contributed by atoms with Crippen molar-refractivity contribution in [2.75, 3.05) is 0 Å². The summed E-state index contributed by atoms with van der Waals surface area (Å²) in [4.78, 5) is 14.7. The Morgan fingerprint density at radius 2 is 2.36 bits per heavy atom. The van der Waals surface area contributed by atoms with E-state index in [-0.39, 0.29) is 0 Å². The van der Waals surface area contributed by atoms with Crippen molar-refractivity contribution in [1.82, 2.24) is 5.48 Å². The predicted molar refractivity (Wildman–Crippen MR) is 52.8 cm³/mol. The number of hydroxylamine groups is 1. The van der Waals surface area contributed by atoms with Crippen LogP contribution in [0.3, 0.4) is 0 Å². The van der Waals surface area contributed by atoms with Gasteiger partial charge in [0.05, 0.1) is 5.69 Å². The number of primary amides is 1. The fourth-order valence-corrected chi connectivity index (χ4v) is 1.00. The summed E-state index contributed by atoms with van der Waals surface area (Å²) < 4.78 is 0. The molecule has 0 aliphatic carbocycles. The van der Waals surface area contributed by atoms with Gasteiger partial charge in [-0.15, -0.1) is 0 Å². The van der Waals surface area contributed by atoms with E-state index in [4.69, 9.17) is 10.9 Å². The number of nitrogens with one attached hydrogen (secondary N) is 1. The molecule has 4 N–H and O–H groups in total. The van der Waals surface area contributed by atoms with Gasteiger partial charge in [0.15, 0.2) is 0 Å². The van der Waals surface area contributed by atoms with Crippen molar-refractivity contribution in [3.05, 3.63) is 29.3 Å². The highest BCUT2D eigenvalue weighted by Gasteiger charge is 2.02. The van der Waals surface area contributed by atoms with E-state index in [9.17, 15) is 4.79 Å². The number of nitrogens with zero attached hydrogens (tertiary/aromatic N) is 1. The van der Waals surface area contributed by atoms with Crippen molar-refractivity contribution < 1.29 is 10.0 Å². The number of benzene rings is 1. The van der Waals surface area contributed by atoms with Gasteiger partial charge in [-0.3, -0.25) is 15.5 Å². The van der Waals surface area contributed by atoms with Crippen LogP contribution in [0.15, 0.2) is 23.2 Å². The minimum absolute atomic E-state index is 0.390. The maximum absolute atomic E-state index is 10.8. The molecule has 0 saturated heterocycles. The summed E-state index contributed by atoms with van der Waals surface area (Å²) in [7, 11) is 0. The Morgan fingerprint density at radius 1 is 1.64 bits per heavy atom. The van der Waals surface area contributed by atoms with Gasteiger partial charge in [0.2, 0.25) is 5.91 Å². The van der Waals surface area contributed by atoms with Crippen LogP contribution in [0.5, 0.6) is 0 Å². The molecule has 1 aromatic rings. The normalized spacial score (nSPS) is 10.4. The summed E-state index contributed by atoms with van der Waals surface area (Å²) in [5.41, 5.74) is 8.76. The largest absolute Gasteiger partial charge is 0.366 e. The number of nitrogens with two attached hydrogens (primary N) is 1. The van der Waals surface area contributed by atoms with Crippen LogP contribution < -0.4 is 11.2 Å². The van der Waals surface area contributed by atoms with Gasteiger partial charge in [-0.05, 0) is 24.6 Å². The average molecular weight is 193 g/mol. The van der Waals surface area contributed by atoms with Crippen molar-refractivity contribution in [3.8, 4) is 0 Å². The lowest BCUT2D eigenvalue weighted by molar-refractivity contribution is 0.100. The van der Waals surface area contributed by atoms with E-state index in [2.05, 4.69) is 4.99 Å². The zero-order valence-electron chi connectivity index (χ0n) is 7.69. The van der Waals surface area contributed by atoms with Crippen molar-refractivity contribution in [1.29, 1.82) is 0 Å². The maximum atomic E-state index is 10.8. The molecule has 0 saturated carbocycles. The summed E-state index contributed by atoms with van der Waals surface area (Å²) >= 11 is 0. The average Bonchev–Trinajstić information content (AvgIpc) is 2.16. The second-order valence-electron chi connectivity index (χ2n) is 2.75. The van der Waals surface area contributed by atoms with Crippen LogP contribution in [-0.2, 0) is 0 Å². The molecule has 0 spiro atoms. The molecule has 0 aliphatic rings. The van der Waals surface area contributed by atoms with E-state index in [0.29, 0.717) is 11.3 Å². The van der Waals surface area contributed by atoms with E-state index >= 15 is 0 Å². The van der Waals surface area contributed by atoms with E-state index in [1.807, 2.05) is 6.92 Å². The lowest BCUT2D eigenvalue weighted by Crippen LogP contribution is -2.10. The molecule has 0 atom stereocenters. The first kappa shape index (κ1) is 10.2. The van der Waals surface area contributed by atoms with Crippen LogP contribution in [0.25, 0.3) is 0 Å². The molecule has 0 unspecified atom stereocenters. The molecular weight excluding hydrogens is 182 g/mol.